The molecule has 2 rings (SSSR count). The molecule has 2 aromatic rings. The van der Waals surface area contributed by atoms with E-state index in [0.29, 0.717) is 0 Å². The second-order valence-corrected chi connectivity index (χ2v) is 2.78. The highest BCUT2D eigenvalue weighted by Crippen LogP contribution is 2.17. The summed E-state index contributed by atoms with van der Waals surface area (Å²) in [5.74, 6) is 0. The lowest BCUT2D eigenvalue weighted by Gasteiger charge is -1.81. The van der Waals surface area contributed by atoms with Crippen LogP contribution in [0, 0.1) is 0 Å². The van der Waals surface area contributed by atoms with Crippen LogP contribution in [0.5, 0.6) is 0 Å². The first-order valence-electron chi connectivity index (χ1n) is 2.91. The number of thiophene rings is 1. The van der Waals surface area contributed by atoms with Crippen molar-refractivity contribution in [2.24, 2.45) is 0 Å². The molecule has 2 heterocycles. The molecule has 0 unspecified atom stereocenters. The van der Waals surface area contributed by atoms with E-state index in [4.69, 9.17) is 4.20 Å². The summed E-state index contributed by atoms with van der Waals surface area (Å²) in [6.45, 7) is 0. The highest BCUT2D eigenvalue weighted by molar-refractivity contribution is 9.05. The van der Waals surface area contributed by atoms with Gasteiger partial charge < -0.3 is 4.20 Å². The van der Waals surface area contributed by atoms with Gasteiger partial charge in [-0.25, -0.2) is 0 Å². The van der Waals surface area contributed by atoms with Gasteiger partial charge in [-0.15, -0.1) is 11.3 Å². The van der Waals surface area contributed by atoms with E-state index in [1.807, 2.05) is 34.7 Å². The van der Waals surface area contributed by atoms with Crippen molar-refractivity contribution in [3.8, 4) is 0 Å². The molecule has 0 saturated heterocycles. The SMILES string of the molecule is OBr.c1cc2sccc2cn1. The van der Waals surface area contributed by atoms with Gasteiger partial charge in [0.05, 0.1) is 16.3 Å². The van der Waals surface area contributed by atoms with Crippen molar-refractivity contribution in [3.63, 3.8) is 0 Å². The van der Waals surface area contributed by atoms with E-state index in [2.05, 4.69) is 16.4 Å². The fraction of sp³-hybridized carbons (Fsp3) is 0. The zero-order valence-corrected chi connectivity index (χ0v) is 7.97. The Bertz CT molecular complexity index is 292. The molecule has 0 amide bonds. The molecule has 0 aliphatic carbocycles. The Balaban J connectivity index is 0.000000281. The van der Waals surface area contributed by atoms with E-state index in [-0.39, 0.29) is 0 Å². The predicted molar refractivity (Wildman–Crippen MR) is 50.8 cm³/mol. The van der Waals surface area contributed by atoms with Crippen molar-refractivity contribution < 1.29 is 4.20 Å². The standard InChI is InChI=1S/C7H5NS.BrHO/c1-3-8-5-6-2-4-9-7(1)6;1-2/h1-5H;2H. The molecule has 0 aliphatic rings. The van der Waals surface area contributed by atoms with E-state index in [1.165, 1.54) is 10.1 Å². The van der Waals surface area contributed by atoms with Gasteiger partial charge in [-0.05, 0) is 17.5 Å². The molecule has 0 aliphatic heterocycles. The van der Waals surface area contributed by atoms with Crippen molar-refractivity contribution >= 4 is 37.7 Å². The van der Waals surface area contributed by atoms with Crippen LogP contribution in [-0.2, 0) is 0 Å². The van der Waals surface area contributed by atoms with Crippen molar-refractivity contribution in [3.05, 3.63) is 29.9 Å². The third kappa shape index (κ3) is 1.99. The number of hydrogen-bond donors (Lipinski definition) is 1. The average Bonchev–Trinajstić information content (AvgIpc) is 2.55. The lowest BCUT2D eigenvalue weighted by molar-refractivity contribution is 0.702. The predicted octanol–water partition coefficient (Wildman–Crippen LogP) is 2.58. The van der Waals surface area contributed by atoms with E-state index >= 15 is 0 Å². The molecule has 2 aromatic heterocycles. The maximum absolute atomic E-state index is 6.81. The fourth-order valence-corrected chi connectivity index (χ4v) is 1.56. The molecule has 11 heavy (non-hydrogen) atoms. The highest BCUT2D eigenvalue weighted by Gasteiger charge is 1.88. The summed E-state index contributed by atoms with van der Waals surface area (Å²) in [4.78, 5) is 3.99. The number of fused-ring (bicyclic) bond motifs is 1. The highest BCUT2D eigenvalue weighted by atomic mass is 79.9. The quantitative estimate of drug-likeness (QED) is 0.757. The summed E-state index contributed by atoms with van der Waals surface area (Å²) >= 11 is 3.68. The first-order valence-corrected chi connectivity index (χ1v) is 4.50. The van der Waals surface area contributed by atoms with Gasteiger partial charge >= 0.3 is 0 Å². The summed E-state index contributed by atoms with van der Waals surface area (Å²) in [5, 5.41) is 3.31. The van der Waals surface area contributed by atoms with Gasteiger partial charge in [0.25, 0.3) is 0 Å². The minimum atomic E-state index is 1.24. The molecular formula is C7H6BrNOS. The van der Waals surface area contributed by atoms with Crippen LogP contribution in [0.4, 0.5) is 0 Å². The molecule has 0 radical (unpaired) electrons. The summed E-state index contributed by atoms with van der Waals surface area (Å²) in [6.07, 6.45) is 3.70. The van der Waals surface area contributed by atoms with Gasteiger partial charge in [0.1, 0.15) is 0 Å². The summed E-state index contributed by atoms with van der Waals surface area (Å²) in [7, 11) is 0. The Morgan fingerprint density at radius 1 is 1.36 bits per heavy atom. The normalized spacial score (nSPS) is 8.91. The number of nitrogens with zero attached hydrogens (tertiary/aromatic N) is 1. The van der Waals surface area contributed by atoms with Crippen LogP contribution in [-0.4, -0.2) is 9.18 Å². The van der Waals surface area contributed by atoms with Gasteiger partial charge in [-0.3, -0.25) is 4.98 Å². The monoisotopic (exact) mass is 231 g/mol. The second-order valence-electron chi connectivity index (χ2n) is 1.83. The summed E-state index contributed by atoms with van der Waals surface area (Å²) in [5.41, 5.74) is 0. The van der Waals surface area contributed by atoms with Gasteiger partial charge in [-0.2, -0.15) is 0 Å². The minimum Gasteiger partial charge on any atom is -0.324 e. The molecule has 4 heteroatoms. The molecule has 0 aromatic carbocycles. The third-order valence-corrected chi connectivity index (χ3v) is 2.15. The van der Waals surface area contributed by atoms with Crippen LogP contribution in [0.3, 0.4) is 0 Å². The Labute approximate surface area is 77.0 Å². The van der Waals surface area contributed by atoms with E-state index in [1.54, 1.807) is 11.3 Å². The largest absolute Gasteiger partial charge is 0.324 e. The first kappa shape index (κ1) is 8.64. The zero-order chi connectivity index (χ0) is 8.10. The average molecular weight is 232 g/mol. The molecular weight excluding hydrogens is 226 g/mol. The first-order chi connectivity index (χ1) is 5.47. The van der Waals surface area contributed by atoms with Crippen LogP contribution in [0.15, 0.2) is 29.9 Å². The van der Waals surface area contributed by atoms with Crippen LogP contribution in [0.1, 0.15) is 0 Å². The Morgan fingerprint density at radius 2 is 2.18 bits per heavy atom. The lowest BCUT2D eigenvalue weighted by Crippen LogP contribution is -1.64. The molecule has 0 fully saturated rings. The van der Waals surface area contributed by atoms with Crippen LogP contribution >= 0.6 is 27.6 Å². The van der Waals surface area contributed by atoms with Gasteiger partial charge in [-0.1, -0.05) is 0 Å². The van der Waals surface area contributed by atoms with E-state index in [9.17, 15) is 0 Å². The molecule has 0 bridgehead atoms. The Kier molecular flexibility index (Phi) is 3.48. The summed E-state index contributed by atoms with van der Waals surface area (Å²) in [6, 6.07) is 4.10. The second kappa shape index (κ2) is 4.43. The topological polar surface area (TPSA) is 33.1 Å². The number of hydrogen-bond acceptors (Lipinski definition) is 3. The number of pyridine rings is 1. The maximum atomic E-state index is 6.81. The van der Waals surface area contributed by atoms with Crippen molar-refractivity contribution in [2.75, 3.05) is 0 Å². The molecule has 2 nitrogen and oxygen atoms in total. The number of rotatable bonds is 0. The van der Waals surface area contributed by atoms with Gasteiger partial charge in [0.15, 0.2) is 0 Å². The smallest absolute Gasteiger partial charge is 0.0957 e. The maximum Gasteiger partial charge on any atom is 0.0957 e. The fourth-order valence-electron chi connectivity index (χ4n) is 0.807. The van der Waals surface area contributed by atoms with Crippen molar-refractivity contribution in [2.45, 2.75) is 0 Å². The Morgan fingerprint density at radius 3 is 2.91 bits per heavy atom. The van der Waals surface area contributed by atoms with E-state index in [0.717, 1.165) is 0 Å². The van der Waals surface area contributed by atoms with Crippen LogP contribution in [0.2, 0.25) is 0 Å². The molecule has 1 N–H and O–H groups in total. The molecule has 0 atom stereocenters. The number of aromatic nitrogens is 1. The zero-order valence-electron chi connectivity index (χ0n) is 5.57. The molecule has 0 spiro atoms. The minimum absolute atomic E-state index is 1.24. The lowest BCUT2D eigenvalue weighted by atomic mass is 10.4. The van der Waals surface area contributed by atoms with E-state index < -0.39 is 0 Å². The number of halogens is 1. The van der Waals surface area contributed by atoms with Crippen LogP contribution < -0.4 is 0 Å². The molecule has 0 saturated carbocycles. The van der Waals surface area contributed by atoms with Crippen molar-refractivity contribution in [1.82, 2.24) is 4.98 Å². The van der Waals surface area contributed by atoms with Gasteiger partial charge in [0, 0.05) is 22.5 Å². The third-order valence-electron chi connectivity index (χ3n) is 1.25. The van der Waals surface area contributed by atoms with Crippen molar-refractivity contribution in [1.29, 1.82) is 0 Å². The van der Waals surface area contributed by atoms with Gasteiger partial charge in [0.2, 0.25) is 0 Å². The summed E-state index contributed by atoms with van der Waals surface area (Å²) < 4.78 is 8.12. The van der Waals surface area contributed by atoms with Crippen LogP contribution in [0.25, 0.3) is 10.1 Å². The molecule has 58 valence electrons. The Hall–Kier alpha value is -0.450.